The van der Waals surface area contributed by atoms with E-state index in [4.69, 9.17) is 19.9 Å². The number of nitrogens with zero attached hydrogens (tertiary/aromatic N) is 3. The lowest BCUT2D eigenvalue weighted by atomic mass is 9.72. The van der Waals surface area contributed by atoms with E-state index >= 15 is 0 Å². The zero-order chi connectivity index (χ0) is 25.0. The molecule has 184 valence electrons. The topological polar surface area (TPSA) is 94.0 Å². The largest absolute Gasteiger partial charge is 0.483 e. The molecule has 0 bridgehead atoms. The lowest BCUT2D eigenvalue weighted by Crippen LogP contribution is -2.73. The smallest absolute Gasteiger partial charge is 0.290 e. The SMILES string of the molecule is O=CO.[NH3+]C1(c2ccc(-c3nc4ccnc(N5CCCCC5)c4cc3-c3ccccc3)cc2)CCC1. The second kappa shape index (κ2) is 10.5. The van der Waals surface area contributed by atoms with Crippen molar-refractivity contribution in [2.75, 3.05) is 18.0 Å². The molecule has 6 rings (SSSR count). The summed E-state index contributed by atoms with van der Waals surface area (Å²) in [6.07, 6.45) is 9.33. The number of hydrogen-bond donors (Lipinski definition) is 2. The Kier molecular flexibility index (Phi) is 6.96. The van der Waals surface area contributed by atoms with E-state index in [-0.39, 0.29) is 12.0 Å². The maximum atomic E-state index is 8.36. The van der Waals surface area contributed by atoms with Crippen LogP contribution in [0.25, 0.3) is 33.3 Å². The Morgan fingerprint density at radius 2 is 1.58 bits per heavy atom. The first kappa shape index (κ1) is 23.9. The number of rotatable bonds is 4. The molecule has 6 heteroatoms. The highest BCUT2D eigenvalue weighted by Gasteiger charge is 2.38. The zero-order valence-electron chi connectivity index (χ0n) is 20.6. The fourth-order valence-corrected chi connectivity index (χ4v) is 5.37. The number of aromatic nitrogens is 2. The van der Waals surface area contributed by atoms with E-state index in [0.717, 1.165) is 46.6 Å². The van der Waals surface area contributed by atoms with Crippen LogP contribution < -0.4 is 10.6 Å². The van der Waals surface area contributed by atoms with Gasteiger partial charge in [0.1, 0.15) is 11.4 Å². The number of quaternary nitrogens is 1. The number of piperidine rings is 1. The van der Waals surface area contributed by atoms with Gasteiger partial charge in [-0.25, -0.2) is 9.97 Å². The number of hydrogen-bond acceptors (Lipinski definition) is 4. The summed E-state index contributed by atoms with van der Waals surface area (Å²) in [5, 5.41) is 8.03. The van der Waals surface area contributed by atoms with Crippen LogP contribution in [-0.2, 0) is 10.3 Å². The van der Waals surface area contributed by atoms with E-state index in [1.807, 2.05) is 6.20 Å². The number of pyridine rings is 2. The van der Waals surface area contributed by atoms with Gasteiger partial charge in [0.25, 0.3) is 6.47 Å². The van der Waals surface area contributed by atoms with Crippen molar-refractivity contribution in [3.8, 4) is 22.4 Å². The fraction of sp³-hybridized carbons (Fsp3) is 0.300. The molecule has 0 spiro atoms. The zero-order valence-corrected chi connectivity index (χ0v) is 20.6. The quantitative estimate of drug-likeness (QED) is 0.387. The first-order valence-electron chi connectivity index (χ1n) is 12.8. The van der Waals surface area contributed by atoms with Gasteiger partial charge in [-0.05, 0) is 43.4 Å². The van der Waals surface area contributed by atoms with Crippen LogP contribution >= 0.6 is 0 Å². The number of anilines is 1. The fourth-order valence-electron chi connectivity index (χ4n) is 5.37. The van der Waals surface area contributed by atoms with E-state index < -0.39 is 0 Å². The van der Waals surface area contributed by atoms with Crippen LogP contribution in [0.3, 0.4) is 0 Å². The van der Waals surface area contributed by atoms with Crippen LogP contribution in [-0.4, -0.2) is 34.6 Å². The molecule has 1 aliphatic heterocycles. The summed E-state index contributed by atoms with van der Waals surface area (Å²) < 4.78 is 0. The molecule has 36 heavy (non-hydrogen) atoms. The second-order valence-corrected chi connectivity index (χ2v) is 9.82. The molecule has 2 aromatic heterocycles. The van der Waals surface area contributed by atoms with Crippen LogP contribution in [0.5, 0.6) is 0 Å². The number of benzene rings is 2. The molecular formula is C30H33N4O2+. The maximum Gasteiger partial charge on any atom is 0.290 e. The van der Waals surface area contributed by atoms with Crippen molar-refractivity contribution in [2.45, 2.75) is 44.1 Å². The molecule has 0 unspecified atom stereocenters. The van der Waals surface area contributed by atoms with Gasteiger partial charge in [-0.15, -0.1) is 0 Å². The van der Waals surface area contributed by atoms with Gasteiger partial charge in [-0.2, -0.15) is 0 Å². The standard InChI is InChI=1S/C29H30N4.CH2O2/c30-29(15-7-16-29)23-12-10-22(11-13-23)27-24(21-8-3-1-4-9-21)20-25-26(32-27)14-17-31-28(25)33-18-5-2-6-19-33;2-1-3/h1,3-4,8-14,17,20H,2,5-7,15-16,18-19,30H2;1H,(H,2,3)/p+1. The lowest BCUT2D eigenvalue weighted by Gasteiger charge is -2.34. The van der Waals surface area contributed by atoms with Crippen molar-refractivity contribution in [1.29, 1.82) is 0 Å². The molecule has 6 nitrogen and oxygen atoms in total. The van der Waals surface area contributed by atoms with Gasteiger partial charge in [-0.3, -0.25) is 4.79 Å². The summed E-state index contributed by atoms with van der Waals surface area (Å²) in [5.74, 6) is 1.07. The molecule has 4 N–H and O–H groups in total. The van der Waals surface area contributed by atoms with Gasteiger partial charge in [-0.1, -0.05) is 54.6 Å². The molecule has 0 amide bonds. The van der Waals surface area contributed by atoms with Crippen LogP contribution in [0.2, 0.25) is 0 Å². The molecule has 2 fully saturated rings. The van der Waals surface area contributed by atoms with Gasteiger partial charge >= 0.3 is 0 Å². The minimum atomic E-state index is -0.250. The average Bonchev–Trinajstić information content (AvgIpc) is 2.92. The van der Waals surface area contributed by atoms with Crippen LogP contribution in [0.1, 0.15) is 44.1 Å². The van der Waals surface area contributed by atoms with Crippen molar-refractivity contribution in [3.05, 3.63) is 78.5 Å². The molecule has 1 aliphatic carbocycles. The van der Waals surface area contributed by atoms with Crippen molar-refractivity contribution < 1.29 is 15.6 Å². The third kappa shape index (κ3) is 4.69. The molecule has 0 radical (unpaired) electrons. The Hall–Kier alpha value is -3.77. The highest BCUT2D eigenvalue weighted by Crippen LogP contribution is 2.39. The highest BCUT2D eigenvalue weighted by atomic mass is 16.3. The summed E-state index contributed by atoms with van der Waals surface area (Å²) in [6.45, 7) is 1.89. The molecule has 0 atom stereocenters. The first-order chi connectivity index (χ1) is 17.6. The van der Waals surface area contributed by atoms with Gasteiger partial charge in [0.05, 0.1) is 11.2 Å². The Labute approximate surface area is 211 Å². The summed E-state index contributed by atoms with van der Waals surface area (Å²) in [6, 6.07) is 24.0. The number of carboxylic acid groups (broad SMARTS) is 1. The van der Waals surface area contributed by atoms with E-state index in [9.17, 15) is 0 Å². The van der Waals surface area contributed by atoms with Crippen molar-refractivity contribution >= 4 is 23.2 Å². The van der Waals surface area contributed by atoms with Crippen LogP contribution in [0.15, 0.2) is 72.9 Å². The molecule has 2 aromatic carbocycles. The van der Waals surface area contributed by atoms with Gasteiger partial charge in [0.2, 0.25) is 0 Å². The summed E-state index contributed by atoms with van der Waals surface area (Å²) in [7, 11) is 0. The minimum Gasteiger partial charge on any atom is -0.483 e. The van der Waals surface area contributed by atoms with Crippen molar-refractivity contribution in [1.82, 2.24) is 9.97 Å². The number of carbonyl (C=O) groups is 1. The maximum absolute atomic E-state index is 8.36. The van der Waals surface area contributed by atoms with Gasteiger partial charge in [0.15, 0.2) is 0 Å². The highest BCUT2D eigenvalue weighted by molar-refractivity contribution is 5.97. The van der Waals surface area contributed by atoms with Crippen LogP contribution in [0, 0.1) is 0 Å². The molecule has 3 heterocycles. The summed E-state index contributed by atoms with van der Waals surface area (Å²) in [4.78, 5) is 20.8. The Morgan fingerprint density at radius 3 is 2.22 bits per heavy atom. The lowest BCUT2D eigenvalue weighted by molar-refractivity contribution is -0.509. The monoisotopic (exact) mass is 481 g/mol. The molecule has 2 aliphatic rings. The summed E-state index contributed by atoms with van der Waals surface area (Å²) in [5.41, 5.74) is 11.5. The van der Waals surface area contributed by atoms with E-state index in [2.05, 4.69) is 77.4 Å². The van der Waals surface area contributed by atoms with E-state index in [1.54, 1.807) is 0 Å². The number of fused-ring (bicyclic) bond motifs is 1. The molecular weight excluding hydrogens is 448 g/mol. The Balaban J connectivity index is 0.000000848. The molecule has 4 aromatic rings. The van der Waals surface area contributed by atoms with Crippen molar-refractivity contribution in [2.24, 2.45) is 0 Å². The third-order valence-corrected chi connectivity index (χ3v) is 7.54. The predicted molar refractivity (Wildman–Crippen MR) is 144 cm³/mol. The Bertz CT molecular complexity index is 1330. The van der Waals surface area contributed by atoms with Gasteiger partial charge in [0, 0.05) is 54.2 Å². The molecule has 1 saturated carbocycles. The minimum absolute atomic E-state index is 0.104. The van der Waals surface area contributed by atoms with E-state index in [0.29, 0.717) is 0 Å². The Morgan fingerprint density at radius 1 is 0.889 bits per heavy atom. The summed E-state index contributed by atoms with van der Waals surface area (Å²) >= 11 is 0. The van der Waals surface area contributed by atoms with Gasteiger partial charge < -0.3 is 15.7 Å². The third-order valence-electron chi connectivity index (χ3n) is 7.54. The second-order valence-electron chi connectivity index (χ2n) is 9.82. The van der Waals surface area contributed by atoms with Crippen LogP contribution in [0.4, 0.5) is 5.82 Å². The average molecular weight is 482 g/mol. The predicted octanol–water partition coefficient (Wildman–Crippen LogP) is 5.28. The van der Waals surface area contributed by atoms with E-state index in [1.165, 1.54) is 49.7 Å². The molecule has 1 saturated heterocycles. The van der Waals surface area contributed by atoms with Crippen molar-refractivity contribution in [3.63, 3.8) is 0 Å². The normalized spacial score (nSPS) is 16.5. The first-order valence-corrected chi connectivity index (χ1v) is 12.8.